The van der Waals surface area contributed by atoms with Gasteiger partial charge in [0.1, 0.15) is 0 Å². The zero-order valence-corrected chi connectivity index (χ0v) is 15.2. The number of carbonyl (C=O) groups excluding carboxylic acids is 1. The fourth-order valence-electron chi connectivity index (χ4n) is 3.79. The van der Waals surface area contributed by atoms with Crippen molar-refractivity contribution in [2.45, 2.75) is 39.3 Å². The predicted octanol–water partition coefficient (Wildman–Crippen LogP) is 2.25. The van der Waals surface area contributed by atoms with Crippen molar-refractivity contribution < 1.29 is 14.3 Å². The lowest BCUT2D eigenvalue weighted by Crippen LogP contribution is -2.33. The maximum absolute atomic E-state index is 12.4. The minimum Gasteiger partial charge on any atom is -0.379 e. The Labute approximate surface area is 150 Å². The lowest BCUT2D eigenvalue weighted by Gasteiger charge is -2.23. The van der Waals surface area contributed by atoms with E-state index in [0.717, 1.165) is 50.1 Å². The molecule has 25 heavy (non-hydrogen) atoms. The normalized spacial score (nSPS) is 21.2. The van der Waals surface area contributed by atoms with Crippen molar-refractivity contribution in [3.63, 3.8) is 0 Å². The topological polar surface area (TPSA) is 59.6 Å². The summed E-state index contributed by atoms with van der Waals surface area (Å²) in [6.07, 6.45) is 3.34. The summed E-state index contributed by atoms with van der Waals surface area (Å²) in [5.41, 5.74) is 2.55. The summed E-state index contributed by atoms with van der Waals surface area (Å²) in [4.78, 5) is 12.4. The predicted molar refractivity (Wildman–Crippen MR) is 97.1 cm³/mol. The number of nitrogens with one attached hydrogen (secondary N) is 2. The first kappa shape index (κ1) is 18.4. The third-order valence-electron chi connectivity index (χ3n) is 5.41. The molecule has 1 aromatic carbocycles. The molecule has 5 nitrogen and oxygen atoms in total. The summed E-state index contributed by atoms with van der Waals surface area (Å²) in [5, 5.41) is 6.50. The Kier molecular flexibility index (Phi) is 6.45. The van der Waals surface area contributed by atoms with Crippen LogP contribution in [0.3, 0.4) is 0 Å². The van der Waals surface area contributed by atoms with Crippen LogP contribution in [0.15, 0.2) is 24.3 Å². The molecule has 0 radical (unpaired) electrons. The van der Waals surface area contributed by atoms with Crippen LogP contribution in [0.2, 0.25) is 0 Å². The molecule has 1 heterocycles. The van der Waals surface area contributed by atoms with E-state index in [9.17, 15) is 4.79 Å². The van der Waals surface area contributed by atoms with E-state index in [1.54, 1.807) is 0 Å². The Morgan fingerprint density at radius 1 is 1.24 bits per heavy atom. The van der Waals surface area contributed by atoms with Gasteiger partial charge in [0.2, 0.25) is 5.91 Å². The first-order chi connectivity index (χ1) is 12.2. The first-order valence-corrected chi connectivity index (χ1v) is 9.45. The Balaban J connectivity index is 1.41. The zero-order valence-electron chi connectivity index (χ0n) is 15.2. The highest BCUT2D eigenvalue weighted by Gasteiger charge is 2.57. The smallest absolute Gasteiger partial charge is 0.223 e. The molecule has 1 atom stereocenters. The highest BCUT2D eigenvalue weighted by atomic mass is 16.5. The van der Waals surface area contributed by atoms with Crippen molar-refractivity contribution >= 4 is 5.91 Å². The van der Waals surface area contributed by atoms with Crippen molar-refractivity contribution in [2.24, 2.45) is 11.3 Å². The monoisotopic (exact) mass is 346 g/mol. The lowest BCUT2D eigenvalue weighted by atomic mass is 9.92. The van der Waals surface area contributed by atoms with Gasteiger partial charge in [-0.1, -0.05) is 24.3 Å². The first-order valence-electron chi connectivity index (χ1n) is 9.45. The van der Waals surface area contributed by atoms with Gasteiger partial charge < -0.3 is 20.1 Å². The Morgan fingerprint density at radius 3 is 2.80 bits per heavy atom. The molecule has 138 valence electrons. The van der Waals surface area contributed by atoms with Gasteiger partial charge in [-0.15, -0.1) is 0 Å². The van der Waals surface area contributed by atoms with Gasteiger partial charge in [-0.25, -0.2) is 0 Å². The Morgan fingerprint density at radius 2 is 2.00 bits per heavy atom. The number of piperidine rings is 1. The van der Waals surface area contributed by atoms with Gasteiger partial charge in [-0.2, -0.15) is 0 Å². The largest absolute Gasteiger partial charge is 0.379 e. The van der Waals surface area contributed by atoms with Gasteiger partial charge in [0.25, 0.3) is 0 Å². The summed E-state index contributed by atoms with van der Waals surface area (Å²) in [6, 6.07) is 8.23. The van der Waals surface area contributed by atoms with Crippen LogP contribution in [0.25, 0.3) is 0 Å². The standard InChI is InChI=1S/C20H30N2O3/c1-2-24-10-11-25-15-17-5-3-4-16(12-17)14-22-19(23)18-13-20(18)6-8-21-9-7-20/h3-5,12,18,21H,2,6-11,13-15H2,1H3,(H,22,23). The molecule has 1 saturated carbocycles. The van der Waals surface area contributed by atoms with Gasteiger partial charge in [-0.3, -0.25) is 4.79 Å². The van der Waals surface area contributed by atoms with E-state index in [-0.39, 0.29) is 11.8 Å². The molecule has 1 spiro atoms. The summed E-state index contributed by atoms with van der Waals surface area (Å²) >= 11 is 0. The van der Waals surface area contributed by atoms with Crippen molar-refractivity contribution in [3.8, 4) is 0 Å². The van der Waals surface area contributed by atoms with Crippen LogP contribution in [-0.2, 0) is 27.4 Å². The average molecular weight is 346 g/mol. The number of hydrogen-bond acceptors (Lipinski definition) is 4. The Bertz CT molecular complexity index is 570. The van der Waals surface area contributed by atoms with E-state index in [0.29, 0.717) is 31.8 Å². The third-order valence-corrected chi connectivity index (χ3v) is 5.41. The Hall–Kier alpha value is -1.43. The minimum absolute atomic E-state index is 0.222. The van der Waals surface area contributed by atoms with Gasteiger partial charge in [0.15, 0.2) is 0 Å². The molecule has 1 aromatic rings. The van der Waals surface area contributed by atoms with E-state index in [2.05, 4.69) is 28.8 Å². The van der Waals surface area contributed by atoms with E-state index in [1.165, 1.54) is 0 Å². The van der Waals surface area contributed by atoms with Crippen LogP contribution in [0.4, 0.5) is 0 Å². The number of ether oxygens (including phenoxy) is 2. The molecule has 1 aliphatic carbocycles. The van der Waals surface area contributed by atoms with Gasteiger partial charge in [0.05, 0.1) is 19.8 Å². The number of rotatable bonds is 9. The van der Waals surface area contributed by atoms with Crippen LogP contribution in [-0.4, -0.2) is 38.8 Å². The molecule has 0 bridgehead atoms. The van der Waals surface area contributed by atoms with Gasteiger partial charge >= 0.3 is 0 Å². The van der Waals surface area contributed by atoms with E-state index >= 15 is 0 Å². The van der Waals surface area contributed by atoms with Crippen molar-refractivity contribution in [3.05, 3.63) is 35.4 Å². The summed E-state index contributed by atoms with van der Waals surface area (Å²) in [7, 11) is 0. The quantitative estimate of drug-likeness (QED) is 0.673. The second-order valence-corrected chi connectivity index (χ2v) is 7.16. The SMILES string of the molecule is CCOCCOCc1cccc(CNC(=O)C2CC23CCNCC3)c1. The molecule has 0 aromatic heterocycles. The van der Waals surface area contributed by atoms with Gasteiger partial charge in [0, 0.05) is 19.1 Å². The molecular formula is C20H30N2O3. The van der Waals surface area contributed by atoms with Gasteiger partial charge in [-0.05, 0) is 55.8 Å². The van der Waals surface area contributed by atoms with Crippen LogP contribution >= 0.6 is 0 Å². The molecular weight excluding hydrogens is 316 g/mol. The molecule has 5 heteroatoms. The van der Waals surface area contributed by atoms with Crippen LogP contribution in [0.5, 0.6) is 0 Å². The maximum Gasteiger partial charge on any atom is 0.223 e. The molecule has 2 fully saturated rings. The number of amides is 1. The molecule has 2 aliphatic rings. The zero-order chi connectivity index (χ0) is 17.5. The second-order valence-electron chi connectivity index (χ2n) is 7.16. The highest BCUT2D eigenvalue weighted by Crippen LogP contribution is 2.58. The highest BCUT2D eigenvalue weighted by molar-refractivity contribution is 5.82. The fourth-order valence-corrected chi connectivity index (χ4v) is 3.79. The molecule has 2 N–H and O–H groups in total. The fraction of sp³-hybridized carbons (Fsp3) is 0.650. The van der Waals surface area contributed by atoms with E-state index in [1.807, 2.05) is 13.0 Å². The summed E-state index contributed by atoms with van der Waals surface area (Å²) in [5.74, 6) is 0.444. The van der Waals surface area contributed by atoms with E-state index < -0.39 is 0 Å². The number of hydrogen-bond donors (Lipinski definition) is 2. The molecule has 1 unspecified atom stereocenters. The van der Waals surface area contributed by atoms with Crippen molar-refractivity contribution in [2.75, 3.05) is 32.9 Å². The van der Waals surface area contributed by atoms with Crippen molar-refractivity contribution in [1.82, 2.24) is 10.6 Å². The summed E-state index contributed by atoms with van der Waals surface area (Å²) < 4.78 is 10.9. The molecule has 1 saturated heterocycles. The summed E-state index contributed by atoms with van der Waals surface area (Å²) in [6.45, 7) is 7.20. The van der Waals surface area contributed by atoms with Crippen LogP contribution < -0.4 is 10.6 Å². The maximum atomic E-state index is 12.4. The second kappa shape index (κ2) is 8.79. The molecule has 1 amide bonds. The lowest BCUT2D eigenvalue weighted by molar-refractivity contribution is -0.123. The van der Waals surface area contributed by atoms with Crippen LogP contribution in [0.1, 0.15) is 37.3 Å². The number of carbonyl (C=O) groups is 1. The van der Waals surface area contributed by atoms with Crippen LogP contribution in [0, 0.1) is 11.3 Å². The molecule has 1 aliphatic heterocycles. The molecule has 3 rings (SSSR count). The minimum atomic E-state index is 0.222. The number of benzene rings is 1. The average Bonchev–Trinajstić information content (AvgIpc) is 3.33. The van der Waals surface area contributed by atoms with E-state index in [4.69, 9.17) is 9.47 Å². The van der Waals surface area contributed by atoms with Crippen molar-refractivity contribution in [1.29, 1.82) is 0 Å². The third kappa shape index (κ3) is 5.03.